The predicted molar refractivity (Wildman–Crippen MR) is 105 cm³/mol. The van der Waals surface area contributed by atoms with Gasteiger partial charge in [-0.3, -0.25) is 4.79 Å². The number of carbonyl (C=O) groups excluding carboxylic acids is 1. The Kier molecular flexibility index (Phi) is 7.82. The van der Waals surface area contributed by atoms with Crippen molar-refractivity contribution in [2.24, 2.45) is 0 Å². The molecule has 1 amide bonds. The molecule has 0 saturated carbocycles. The minimum atomic E-state index is 0.0948. The Morgan fingerprint density at radius 2 is 1.79 bits per heavy atom. The number of hydrogen-bond donors (Lipinski definition) is 1. The third kappa shape index (κ3) is 5.96. The van der Waals surface area contributed by atoms with Crippen molar-refractivity contribution in [1.82, 2.24) is 10.2 Å². The molecule has 0 aliphatic heterocycles. The molecule has 0 heterocycles. The van der Waals surface area contributed by atoms with Crippen molar-refractivity contribution in [1.29, 1.82) is 0 Å². The van der Waals surface area contributed by atoms with Crippen LogP contribution in [0.4, 0.5) is 0 Å². The van der Waals surface area contributed by atoms with Crippen molar-refractivity contribution >= 4 is 33.6 Å². The highest BCUT2D eigenvalue weighted by molar-refractivity contribution is 9.10. The van der Waals surface area contributed by atoms with Crippen LogP contribution in [-0.2, 0) is 4.79 Å². The summed E-state index contributed by atoms with van der Waals surface area (Å²) in [5.41, 5.74) is 1.21. The SMILES string of the molecule is CN(C)C(CNC(=O)CCSc1ccccc1Br)c1ccccc1. The summed E-state index contributed by atoms with van der Waals surface area (Å²) in [5, 5.41) is 3.06. The maximum atomic E-state index is 12.1. The smallest absolute Gasteiger partial charge is 0.220 e. The molecule has 24 heavy (non-hydrogen) atoms. The summed E-state index contributed by atoms with van der Waals surface area (Å²) in [6.07, 6.45) is 0.515. The summed E-state index contributed by atoms with van der Waals surface area (Å²) >= 11 is 5.22. The summed E-state index contributed by atoms with van der Waals surface area (Å²) in [7, 11) is 4.07. The van der Waals surface area contributed by atoms with Crippen LogP contribution >= 0.6 is 27.7 Å². The largest absolute Gasteiger partial charge is 0.354 e. The van der Waals surface area contributed by atoms with Crippen LogP contribution in [0.2, 0.25) is 0 Å². The van der Waals surface area contributed by atoms with Crippen LogP contribution < -0.4 is 5.32 Å². The summed E-state index contributed by atoms with van der Waals surface area (Å²) in [6.45, 7) is 0.621. The third-order valence-electron chi connectivity index (χ3n) is 3.72. The molecular weight excluding hydrogens is 384 g/mol. The molecule has 0 aliphatic carbocycles. The van der Waals surface area contributed by atoms with Gasteiger partial charge < -0.3 is 10.2 Å². The quantitative estimate of drug-likeness (QED) is 0.661. The molecule has 2 aromatic rings. The number of hydrogen-bond acceptors (Lipinski definition) is 3. The van der Waals surface area contributed by atoms with Gasteiger partial charge in [0.15, 0.2) is 0 Å². The fraction of sp³-hybridized carbons (Fsp3) is 0.316. The lowest BCUT2D eigenvalue weighted by molar-refractivity contribution is -0.120. The minimum Gasteiger partial charge on any atom is -0.354 e. The molecule has 0 aliphatic rings. The lowest BCUT2D eigenvalue weighted by Gasteiger charge is -2.25. The van der Waals surface area contributed by atoms with Gasteiger partial charge in [0, 0.05) is 28.1 Å². The number of nitrogens with zero attached hydrogens (tertiary/aromatic N) is 1. The Balaban J connectivity index is 1.78. The van der Waals surface area contributed by atoms with Crippen LogP contribution in [0.3, 0.4) is 0 Å². The van der Waals surface area contributed by atoms with Gasteiger partial charge in [-0.05, 0) is 47.7 Å². The molecule has 0 aromatic heterocycles. The average molecular weight is 407 g/mol. The van der Waals surface area contributed by atoms with Crippen molar-refractivity contribution in [2.75, 3.05) is 26.4 Å². The first-order valence-electron chi connectivity index (χ1n) is 7.93. The molecule has 1 N–H and O–H groups in total. The van der Waals surface area contributed by atoms with E-state index in [4.69, 9.17) is 0 Å². The van der Waals surface area contributed by atoms with Gasteiger partial charge in [-0.1, -0.05) is 42.5 Å². The van der Waals surface area contributed by atoms with E-state index in [9.17, 15) is 4.79 Å². The Labute approximate surface area is 157 Å². The maximum absolute atomic E-state index is 12.1. The highest BCUT2D eigenvalue weighted by Crippen LogP contribution is 2.27. The molecule has 1 unspecified atom stereocenters. The fourth-order valence-electron chi connectivity index (χ4n) is 2.39. The summed E-state index contributed by atoms with van der Waals surface area (Å²) in [6, 6.07) is 18.5. The Hall–Kier alpha value is -1.30. The number of likely N-dealkylation sites (N-methyl/N-ethyl adjacent to an activating group) is 1. The van der Waals surface area contributed by atoms with Gasteiger partial charge in [-0.2, -0.15) is 0 Å². The van der Waals surface area contributed by atoms with Gasteiger partial charge >= 0.3 is 0 Å². The Bertz CT molecular complexity index is 649. The monoisotopic (exact) mass is 406 g/mol. The van der Waals surface area contributed by atoms with Crippen molar-refractivity contribution < 1.29 is 4.79 Å². The van der Waals surface area contributed by atoms with Crippen molar-refractivity contribution in [3.05, 3.63) is 64.6 Å². The van der Waals surface area contributed by atoms with E-state index in [1.54, 1.807) is 11.8 Å². The number of nitrogens with one attached hydrogen (secondary N) is 1. The molecule has 5 heteroatoms. The molecule has 3 nitrogen and oxygen atoms in total. The van der Waals surface area contributed by atoms with Crippen LogP contribution in [0.5, 0.6) is 0 Å². The first-order chi connectivity index (χ1) is 11.6. The van der Waals surface area contributed by atoms with E-state index < -0.39 is 0 Å². The third-order valence-corrected chi connectivity index (χ3v) is 5.75. The van der Waals surface area contributed by atoms with Crippen molar-refractivity contribution in [3.63, 3.8) is 0 Å². The molecule has 128 valence electrons. The van der Waals surface area contributed by atoms with Gasteiger partial charge in [0.1, 0.15) is 0 Å². The van der Waals surface area contributed by atoms with Crippen molar-refractivity contribution in [2.45, 2.75) is 17.4 Å². The number of carbonyl (C=O) groups is 1. The summed E-state index contributed by atoms with van der Waals surface area (Å²) < 4.78 is 1.08. The molecule has 0 bridgehead atoms. The van der Waals surface area contributed by atoms with Crippen molar-refractivity contribution in [3.8, 4) is 0 Å². The van der Waals surface area contributed by atoms with E-state index in [-0.39, 0.29) is 11.9 Å². The molecule has 0 saturated heterocycles. The summed E-state index contributed by atoms with van der Waals surface area (Å²) in [4.78, 5) is 15.4. The molecule has 0 fully saturated rings. The normalized spacial score (nSPS) is 12.2. The second-order valence-electron chi connectivity index (χ2n) is 5.72. The van der Waals surface area contributed by atoms with Gasteiger partial charge in [-0.25, -0.2) is 0 Å². The molecule has 0 radical (unpaired) electrons. The molecule has 0 spiro atoms. The zero-order valence-corrected chi connectivity index (χ0v) is 16.4. The van der Waals surface area contributed by atoms with Gasteiger partial charge in [-0.15, -0.1) is 11.8 Å². The predicted octanol–water partition coefficient (Wildman–Crippen LogP) is 4.35. The topological polar surface area (TPSA) is 32.3 Å². The van der Waals surface area contributed by atoms with E-state index in [0.717, 1.165) is 10.2 Å². The van der Waals surface area contributed by atoms with Crippen LogP contribution in [0.15, 0.2) is 64.0 Å². The van der Waals surface area contributed by atoms with E-state index in [0.29, 0.717) is 13.0 Å². The molecule has 2 aromatic carbocycles. The van der Waals surface area contributed by atoms with Crippen LogP contribution in [0.25, 0.3) is 0 Å². The molecular formula is C19H23BrN2OS. The highest BCUT2D eigenvalue weighted by Gasteiger charge is 2.14. The van der Waals surface area contributed by atoms with Crippen LogP contribution in [0, 0.1) is 0 Å². The fourth-order valence-corrected chi connectivity index (χ4v) is 3.90. The number of amides is 1. The van der Waals surface area contributed by atoms with Gasteiger partial charge in [0.05, 0.1) is 6.04 Å². The minimum absolute atomic E-state index is 0.0948. The number of benzene rings is 2. The second kappa shape index (κ2) is 9.87. The lowest BCUT2D eigenvalue weighted by atomic mass is 10.1. The van der Waals surface area contributed by atoms with E-state index >= 15 is 0 Å². The highest BCUT2D eigenvalue weighted by atomic mass is 79.9. The zero-order chi connectivity index (χ0) is 17.4. The molecule has 1 atom stereocenters. The van der Waals surface area contributed by atoms with Crippen LogP contribution in [-0.4, -0.2) is 37.2 Å². The number of thioether (sulfide) groups is 1. The number of rotatable bonds is 8. The first kappa shape index (κ1) is 19.0. The van der Waals surface area contributed by atoms with E-state index in [1.165, 1.54) is 10.5 Å². The Morgan fingerprint density at radius 1 is 1.12 bits per heavy atom. The average Bonchev–Trinajstić information content (AvgIpc) is 2.57. The lowest BCUT2D eigenvalue weighted by Crippen LogP contribution is -2.34. The first-order valence-corrected chi connectivity index (χ1v) is 9.71. The van der Waals surface area contributed by atoms with Gasteiger partial charge in [0.2, 0.25) is 5.91 Å². The summed E-state index contributed by atoms with van der Waals surface area (Å²) in [5.74, 6) is 0.865. The zero-order valence-electron chi connectivity index (χ0n) is 14.0. The Morgan fingerprint density at radius 3 is 2.46 bits per heavy atom. The maximum Gasteiger partial charge on any atom is 0.220 e. The second-order valence-corrected chi connectivity index (χ2v) is 7.71. The molecule has 2 rings (SSSR count). The van der Waals surface area contributed by atoms with E-state index in [1.807, 2.05) is 50.5 Å². The standard InChI is InChI=1S/C19H23BrN2OS/c1-22(2)17(15-8-4-3-5-9-15)14-21-19(23)12-13-24-18-11-7-6-10-16(18)20/h3-11,17H,12-14H2,1-2H3,(H,21,23). The van der Waals surface area contributed by atoms with Crippen LogP contribution in [0.1, 0.15) is 18.0 Å². The number of halogens is 1. The van der Waals surface area contributed by atoms with Gasteiger partial charge in [0.25, 0.3) is 0 Å². The van der Waals surface area contributed by atoms with E-state index in [2.05, 4.69) is 44.3 Å².